The highest BCUT2D eigenvalue weighted by molar-refractivity contribution is 7.14. The lowest BCUT2D eigenvalue weighted by molar-refractivity contribution is -0.880. The lowest BCUT2D eigenvalue weighted by Gasteiger charge is -2.29. The van der Waals surface area contributed by atoms with E-state index in [0.29, 0.717) is 17.8 Å². The molecular formula is C16H25N6O2S+. The number of rotatable bonds is 4. The molecule has 1 saturated heterocycles. The second-order valence-corrected chi connectivity index (χ2v) is 7.35. The number of hydrogen-bond acceptors (Lipinski definition) is 6. The van der Waals surface area contributed by atoms with Gasteiger partial charge in [0.25, 0.3) is 5.56 Å². The Labute approximate surface area is 150 Å². The van der Waals surface area contributed by atoms with Crippen LogP contribution in [0.1, 0.15) is 13.3 Å². The van der Waals surface area contributed by atoms with Gasteiger partial charge in [-0.1, -0.05) is 6.92 Å². The van der Waals surface area contributed by atoms with Crippen molar-refractivity contribution < 1.29 is 4.90 Å². The largest absolute Gasteiger partial charge is 0.384 e. The summed E-state index contributed by atoms with van der Waals surface area (Å²) < 4.78 is 2.56. The number of nitrogens with two attached hydrogens (primary N) is 1. The maximum atomic E-state index is 12.6. The molecule has 25 heavy (non-hydrogen) atoms. The first kappa shape index (κ1) is 17.7. The molecule has 1 aliphatic rings. The van der Waals surface area contributed by atoms with E-state index in [1.54, 1.807) is 0 Å². The lowest BCUT2D eigenvalue weighted by atomic mass is 10.2. The molecule has 0 atom stereocenters. The molecule has 0 aromatic carbocycles. The summed E-state index contributed by atoms with van der Waals surface area (Å²) in [5.41, 5.74) is 6.27. The van der Waals surface area contributed by atoms with Crippen LogP contribution in [0.3, 0.4) is 0 Å². The van der Waals surface area contributed by atoms with Crippen LogP contribution in [0.15, 0.2) is 15.0 Å². The Hall–Kier alpha value is -2.13. The number of thiazole rings is 1. The van der Waals surface area contributed by atoms with Gasteiger partial charge in [-0.15, -0.1) is 11.3 Å². The molecule has 3 N–H and O–H groups in total. The van der Waals surface area contributed by atoms with Gasteiger partial charge in [0.05, 0.1) is 38.9 Å². The molecule has 1 fully saturated rings. The molecule has 0 spiro atoms. The predicted molar refractivity (Wildman–Crippen MR) is 101 cm³/mol. The lowest BCUT2D eigenvalue weighted by Crippen LogP contribution is -3.12. The van der Waals surface area contributed by atoms with Crippen molar-refractivity contribution in [2.45, 2.75) is 19.9 Å². The van der Waals surface area contributed by atoms with Crippen molar-refractivity contribution >= 4 is 22.3 Å². The second kappa shape index (κ2) is 7.01. The Morgan fingerprint density at radius 3 is 2.64 bits per heavy atom. The standard InChI is InChI=1S/C16H24N6O2S/c1-4-5-22-13(17)12(14(23)20(3)16(22)24)11-10-25-15(18-11)21-8-6-19(2)7-9-21/h10H,4-9,17H2,1-3H3/p+1. The van der Waals surface area contributed by atoms with E-state index >= 15 is 0 Å². The Balaban J connectivity index is 2.03. The summed E-state index contributed by atoms with van der Waals surface area (Å²) >= 11 is 1.51. The van der Waals surface area contributed by atoms with Crippen molar-refractivity contribution in [3.63, 3.8) is 0 Å². The second-order valence-electron chi connectivity index (χ2n) is 6.52. The van der Waals surface area contributed by atoms with Crippen LogP contribution in [0.25, 0.3) is 11.3 Å². The molecule has 0 saturated carbocycles. The van der Waals surface area contributed by atoms with Gasteiger partial charge < -0.3 is 15.5 Å². The van der Waals surface area contributed by atoms with Gasteiger partial charge >= 0.3 is 5.69 Å². The molecule has 8 nitrogen and oxygen atoms in total. The van der Waals surface area contributed by atoms with Crippen molar-refractivity contribution in [2.75, 3.05) is 43.9 Å². The summed E-state index contributed by atoms with van der Waals surface area (Å²) in [6, 6.07) is 0. The SMILES string of the molecule is CCCn1c(N)c(-c2csc(N3CC[NH+](C)CC3)n2)c(=O)n(C)c1=O. The van der Waals surface area contributed by atoms with E-state index in [0.717, 1.165) is 42.3 Å². The smallest absolute Gasteiger partial charge is 0.332 e. The molecule has 0 bridgehead atoms. The first-order valence-electron chi connectivity index (χ1n) is 8.55. The fourth-order valence-electron chi connectivity index (χ4n) is 3.07. The summed E-state index contributed by atoms with van der Waals surface area (Å²) in [4.78, 5) is 33.3. The molecule has 0 amide bonds. The zero-order valence-corrected chi connectivity index (χ0v) is 15.7. The van der Waals surface area contributed by atoms with Gasteiger partial charge in [0, 0.05) is 19.0 Å². The summed E-state index contributed by atoms with van der Waals surface area (Å²) in [5, 5.41) is 2.76. The van der Waals surface area contributed by atoms with Crippen molar-refractivity contribution in [3.8, 4) is 11.3 Å². The van der Waals surface area contributed by atoms with Crippen molar-refractivity contribution in [3.05, 3.63) is 26.2 Å². The molecule has 3 rings (SSSR count). The maximum Gasteiger partial charge on any atom is 0.332 e. The third-order valence-electron chi connectivity index (χ3n) is 4.67. The highest BCUT2D eigenvalue weighted by atomic mass is 32.1. The van der Waals surface area contributed by atoms with Crippen LogP contribution in [0, 0.1) is 0 Å². The molecule has 0 aliphatic carbocycles. The highest BCUT2D eigenvalue weighted by Crippen LogP contribution is 2.28. The Morgan fingerprint density at radius 1 is 1.32 bits per heavy atom. The number of likely N-dealkylation sites (N-methyl/N-ethyl adjacent to an activating group) is 1. The monoisotopic (exact) mass is 365 g/mol. The Kier molecular flexibility index (Phi) is 4.96. The average molecular weight is 365 g/mol. The molecular weight excluding hydrogens is 340 g/mol. The number of quaternary nitrogens is 1. The fourth-order valence-corrected chi connectivity index (χ4v) is 3.94. The minimum Gasteiger partial charge on any atom is -0.384 e. The fraction of sp³-hybridized carbons (Fsp3) is 0.562. The highest BCUT2D eigenvalue weighted by Gasteiger charge is 2.23. The van der Waals surface area contributed by atoms with Gasteiger partial charge in [0.2, 0.25) is 0 Å². The molecule has 9 heteroatoms. The van der Waals surface area contributed by atoms with Crippen LogP contribution < -0.4 is 26.8 Å². The van der Waals surface area contributed by atoms with Gasteiger partial charge in [-0.25, -0.2) is 9.78 Å². The van der Waals surface area contributed by atoms with Crippen LogP contribution in [-0.2, 0) is 13.6 Å². The van der Waals surface area contributed by atoms with Gasteiger partial charge in [0.1, 0.15) is 11.4 Å². The van der Waals surface area contributed by atoms with Crippen LogP contribution >= 0.6 is 11.3 Å². The molecule has 0 radical (unpaired) electrons. The Morgan fingerprint density at radius 2 is 2.00 bits per heavy atom. The van der Waals surface area contributed by atoms with E-state index in [2.05, 4.69) is 16.9 Å². The maximum absolute atomic E-state index is 12.6. The average Bonchev–Trinajstić information content (AvgIpc) is 3.07. The first-order chi connectivity index (χ1) is 11.9. The first-order valence-corrected chi connectivity index (χ1v) is 9.43. The Bertz CT molecular complexity index is 876. The number of aromatic nitrogens is 3. The zero-order valence-electron chi connectivity index (χ0n) is 14.9. The van der Waals surface area contributed by atoms with Crippen molar-refractivity contribution in [1.29, 1.82) is 0 Å². The van der Waals surface area contributed by atoms with Crippen molar-refractivity contribution in [1.82, 2.24) is 14.1 Å². The van der Waals surface area contributed by atoms with E-state index in [-0.39, 0.29) is 11.5 Å². The van der Waals surface area contributed by atoms with Crippen LogP contribution in [-0.4, -0.2) is 47.3 Å². The van der Waals surface area contributed by atoms with Crippen molar-refractivity contribution in [2.24, 2.45) is 7.05 Å². The molecule has 3 heterocycles. The van der Waals surface area contributed by atoms with E-state index in [1.165, 1.54) is 27.9 Å². The van der Waals surface area contributed by atoms with E-state index < -0.39 is 5.56 Å². The number of anilines is 2. The van der Waals surface area contributed by atoms with E-state index in [1.807, 2.05) is 12.3 Å². The number of piperazine rings is 1. The molecule has 1 aliphatic heterocycles. The van der Waals surface area contributed by atoms with E-state index in [4.69, 9.17) is 5.73 Å². The molecule has 136 valence electrons. The molecule has 2 aromatic rings. The number of nitrogen functional groups attached to an aromatic ring is 1. The van der Waals surface area contributed by atoms with Crippen LogP contribution in [0.4, 0.5) is 10.9 Å². The quantitative estimate of drug-likeness (QED) is 0.725. The molecule has 0 unspecified atom stereocenters. The van der Waals surface area contributed by atoms with Gasteiger partial charge in [0.15, 0.2) is 5.13 Å². The third kappa shape index (κ3) is 3.21. The van der Waals surface area contributed by atoms with E-state index in [9.17, 15) is 9.59 Å². The van der Waals surface area contributed by atoms with Gasteiger partial charge in [-0.2, -0.15) is 0 Å². The minimum atomic E-state index is -0.394. The van der Waals surface area contributed by atoms with Gasteiger partial charge in [-0.3, -0.25) is 13.9 Å². The normalized spacial score (nSPS) is 15.7. The minimum absolute atomic E-state index is 0.203. The number of hydrogen-bond donors (Lipinski definition) is 2. The summed E-state index contributed by atoms with van der Waals surface area (Å²) in [6.07, 6.45) is 0.758. The predicted octanol–water partition coefficient (Wildman–Crippen LogP) is -1.00. The topological polar surface area (TPSA) is 90.6 Å². The third-order valence-corrected chi connectivity index (χ3v) is 5.57. The zero-order chi connectivity index (χ0) is 18.1. The molecule has 2 aromatic heterocycles. The van der Waals surface area contributed by atoms with Crippen LogP contribution in [0.5, 0.6) is 0 Å². The summed E-state index contributed by atoms with van der Waals surface area (Å²) in [5.74, 6) is 0.203. The van der Waals surface area contributed by atoms with Gasteiger partial charge in [-0.05, 0) is 6.42 Å². The summed E-state index contributed by atoms with van der Waals surface area (Å²) in [6.45, 7) is 6.47. The number of nitrogens with zero attached hydrogens (tertiary/aromatic N) is 4. The van der Waals surface area contributed by atoms with Crippen LogP contribution in [0.2, 0.25) is 0 Å². The number of nitrogens with one attached hydrogen (secondary N) is 1. The summed E-state index contributed by atoms with van der Waals surface area (Å²) in [7, 11) is 3.67.